The van der Waals surface area contributed by atoms with Crippen LogP contribution < -0.4 is 0 Å². The van der Waals surface area contributed by atoms with Gasteiger partial charge in [-0.2, -0.15) is 41.5 Å². The standard InChI is InChI=1S/2C4H9.Al/c2*1-4(2)3;/h2*1-3H3;/q2*-1;+2. The van der Waals surface area contributed by atoms with Gasteiger partial charge in [0.25, 0.3) is 0 Å². The van der Waals surface area contributed by atoms with Gasteiger partial charge >= 0.3 is 17.4 Å². The Kier molecular flexibility index (Phi) is 20.5. The summed E-state index contributed by atoms with van der Waals surface area (Å²) in [7, 11) is 0. The summed E-state index contributed by atoms with van der Waals surface area (Å²) in [5.74, 6) is 2.83. The minimum absolute atomic E-state index is 0. The first-order valence-electron chi connectivity index (χ1n) is 3.00. The van der Waals surface area contributed by atoms with Crippen LogP contribution in [0.15, 0.2) is 0 Å². The zero-order valence-electron chi connectivity index (χ0n) is 7.58. The summed E-state index contributed by atoms with van der Waals surface area (Å²) in [6, 6.07) is 0. The fraction of sp³-hybridized carbons (Fsp3) is 0.750. The second-order valence-electron chi connectivity index (χ2n) is 3.00. The van der Waals surface area contributed by atoms with Gasteiger partial charge < -0.3 is 11.8 Å². The predicted molar refractivity (Wildman–Crippen MR) is 46.3 cm³/mol. The van der Waals surface area contributed by atoms with Gasteiger partial charge in [-0.3, -0.25) is 0 Å². The second-order valence-corrected chi connectivity index (χ2v) is 3.00. The predicted octanol–water partition coefficient (Wildman–Crippen LogP) is 2.86. The molecule has 0 N–H and O–H groups in total. The molecule has 0 saturated carbocycles. The van der Waals surface area contributed by atoms with Crippen LogP contribution in [0.2, 0.25) is 0 Å². The average Bonchev–Trinajstić information content (AvgIpc) is 1.25. The monoisotopic (exact) mass is 141 g/mol. The molecule has 0 spiro atoms. The number of hydrogen-bond donors (Lipinski definition) is 0. The Labute approximate surface area is 71.2 Å². The van der Waals surface area contributed by atoms with Crippen molar-refractivity contribution in [2.24, 2.45) is 0 Å². The summed E-state index contributed by atoms with van der Waals surface area (Å²) in [4.78, 5) is 0. The fourth-order valence-electron chi connectivity index (χ4n) is 0. The molecule has 1 heteroatoms. The van der Waals surface area contributed by atoms with Crippen molar-refractivity contribution in [1.82, 2.24) is 0 Å². The SMILES string of the molecule is C[C-](C)C.C[C-](C)C.[Al+2]. The molecule has 0 unspecified atom stereocenters. The Balaban J connectivity index is -0.0000000720. The minimum Gasteiger partial charge on any atom is -0.323 e. The molecule has 0 bridgehead atoms. The molecular formula is C8H18Al. The van der Waals surface area contributed by atoms with E-state index >= 15 is 0 Å². The maximum absolute atomic E-state index is 2.08. The van der Waals surface area contributed by atoms with Gasteiger partial charge in [-0.1, -0.05) is 0 Å². The van der Waals surface area contributed by atoms with E-state index < -0.39 is 0 Å². The van der Waals surface area contributed by atoms with Crippen LogP contribution in [-0.2, 0) is 0 Å². The zero-order chi connectivity index (χ0) is 7.15. The molecule has 0 amide bonds. The van der Waals surface area contributed by atoms with Crippen molar-refractivity contribution < 1.29 is 0 Å². The van der Waals surface area contributed by atoms with Gasteiger partial charge in [0, 0.05) is 0 Å². The third-order valence-electron chi connectivity index (χ3n) is 0. The van der Waals surface area contributed by atoms with Crippen LogP contribution in [0.3, 0.4) is 0 Å². The Bertz CT molecular complexity index is 20.0. The van der Waals surface area contributed by atoms with E-state index in [1.807, 2.05) is 0 Å². The van der Waals surface area contributed by atoms with Crippen molar-refractivity contribution in [3.05, 3.63) is 11.8 Å². The molecule has 0 aromatic carbocycles. The van der Waals surface area contributed by atoms with E-state index in [4.69, 9.17) is 0 Å². The number of rotatable bonds is 0. The summed E-state index contributed by atoms with van der Waals surface area (Å²) in [5, 5.41) is 0. The summed E-state index contributed by atoms with van der Waals surface area (Å²) in [6.45, 7) is 12.5. The topological polar surface area (TPSA) is 0 Å². The van der Waals surface area contributed by atoms with Crippen LogP contribution in [-0.4, -0.2) is 17.4 Å². The quantitative estimate of drug-likeness (QED) is 0.359. The summed E-state index contributed by atoms with van der Waals surface area (Å²) >= 11 is 0. The average molecular weight is 141 g/mol. The molecule has 0 aliphatic rings. The molecule has 0 atom stereocenters. The Morgan fingerprint density at radius 2 is 0.556 bits per heavy atom. The summed E-state index contributed by atoms with van der Waals surface area (Å²) in [5.41, 5.74) is 0. The van der Waals surface area contributed by atoms with Gasteiger partial charge in [0.05, 0.1) is 0 Å². The van der Waals surface area contributed by atoms with Gasteiger partial charge in [-0.15, -0.1) is 0 Å². The fourth-order valence-corrected chi connectivity index (χ4v) is 0. The van der Waals surface area contributed by atoms with Crippen LogP contribution in [0, 0.1) is 11.8 Å². The molecule has 0 aliphatic heterocycles. The van der Waals surface area contributed by atoms with Gasteiger partial charge in [0.2, 0.25) is 0 Å². The molecule has 0 heterocycles. The van der Waals surface area contributed by atoms with Crippen molar-refractivity contribution in [3.8, 4) is 0 Å². The molecular weight excluding hydrogens is 123 g/mol. The molecule has 0 aliphatic carbocycles. The van der Waals surface area contributed by atoms with Gasteiger partial charge in [0.15, 0.2) is 0 Å². The van der Waals surface area contributed by atoms with Crippen molar-refractivity contribution >= 4 is 17.4 Å². The van der Waals surface area contributed by atoms with Crippen molar-refractivity contribution in [2.45, 2.75) is 41.5 Å². The van der Waals surface area contributed by atoms with Crippen LogP contribution in [0.4, 0.5) is 0 Å². The first kappa shape index (κ1) is 16.3. The zero-order valence-corrected chi connectivity index (χ0v) is 8.73. The van der Waals surface area contributed by atoms with Crippen LogP contribution in [0.25, 0.3) is 0 Å². The molecule has 0 aromatic heterocycles. The van der Waals surface area contributed by atoms with Crippen LogP contribution in [0.1, 0.15) is 41.5 Å². The molecule has 1 radical (unpaired) electrons. The van der Waals surface area contributed by atoms with Crippen molar-refractivity contribution in [2.75, 3.05) is 0 Å². The molecule has 0 fully saturated rings. The van der Waals surface area contributed by atoms with Crippen molar-refractivity contribution in [3.63, 3.8) is 0 Å². The molecule has 0 nitrogen and oxygen atoms in total. The number of hydrogen-bond acceptors (Lipinski definition) is 0. The molecule has 0 aromatic rings. The second kappa shape index (κ2) is 11.3. The Morgan fingerprint density at radius 1 is 0.556 bits per heavy atom. The maximum atomic E-state index is 2.08. The van der Waals surface area contributed by atoms with E-state index in [2.05, 4.69) is 41.5 Å². The normalized spacial score (nSPS) is 8.00. The van der Waals surface area contributed by atoms with Crippen molar-refractivity contribution in [1.29, 1.82) is 0 Å². The van der Waals surface area contributed by atoms with E-state index in [0.717, 1.165) is 0 Å². The van der Waals surface area contributed by atoms with E-state index in [0.29, 0.717) is 0 Å². The third kappa shape index (κ3) is 1280. The molecule has 9 heavy (non-hydrogen) atoms. The van der Waals surface area contributed by atoms with E-state index in [9.17, 15) is 0 Å². The first-order valence-corrected chi connectivity index (χ1v) is 3.00. The largest absolute Gasteiger partial charge is 2.00 e. The first-order chi connectivity index (χ1) is 3.46. The summed E-state index contributed by atoms with van der Waals surface area (Å²) < 4.78 is 0. The van der Waals surface area contributed by atoms with Gasteiger partial charge in [0.1, 0.15) is 0 Å². The van der Waals surface area contributed by atoms with E-state index in [1.54, 1.807) is 0 Å². The smallest absolute Gasteiger partial charge is 0.323 e. The van der Waals surface area contributed by atoms with E-state index in [1.165, 1.54) is 11.8 Å². The maximum Gasteiger partial charge on any atom is 2.00 e. The van der Waals surface area contributed by atoms with E-state index in [-0.39, 0.29) is 17.4 Å². The molecule has 0 saturated heterocycles. The Hall–Kier alpha value is 0.532. The van der Waals surface area contributed by atoms with Crippen LogP contribution in [0.5, 0.6) is 0 Å². The minimum atomic E-state index is 0. The van der Waals surface area contributed by atoms with Crippen LogP contribution >= 0.6 is 0 Å². The molecule has 53 valence electrons. The van der Waals surface area contributed by atoms with Gasteiger partial charge in [-0.05, 0) is 0 Å². The summed E-state index contributed by atoms with van der Waals surface area (Å²) in [6.07, 6.45) is 0. The third-order valence-corrected chi connectivity index (χ3v) is 0. The molecule has 0 rings (SSSR count). The Morgan fingerprint density at radius 3 is 0.556 bits per heavy atom. The van der Waals surface area contributed by atoms with Gasteiger partial charge in [-0.25, -0.2) is 0 Å².